The molecule has 2 aromatic heterocycles. The third-order valence-electron chi connectivity index (χ3n) is 2.84. The highest BCUT2D eigenvalue weighted by Crippen LogP contribution is 2.22. The number of benzene rings is 1. The van der Waals surface area contributed by atoms with Crippen molar-refractivity contribution < 1.29 is 4.42 Å². The van der Waals surface area contributed by atoms with Gasteiger partial charge in [0.2, 0.25) is 5.89 Å². The Balaban J connectivity index is 1.72. The predicted molar refractivity (Wildman–Crippen MR) is 75.3 cm³/mol. The molecule has 2 heterocycles. The van der Waals surface area contributed by atoms with E-state index in [4.69, 9.17) is 16.0 Å². The van der Waals surface area contributed by atoms with Gasteiger partial charge in [0.15, 0.2) is 0 Å². The van der Waals surface area contributed by atoms with Crippen molar-refractivity contribution in [3.63, 3.8) is 0 Å². The molecule has 0 radical (unpaired) electrons. The number of anilines is 1. The van der Waals surface area contributed by atoms with E-state index >= 15 is 0 Å². The fraction of sp³-hybridized carbons (Fsp3) is 0.154. The van der Waals surface area contributed by atoms with E-state index in [1.54, 1.807) is 23.0 Å². The van der Waals surface area contributed by atoms with Gasteiger partial charge in [0.05, 0.1) is 12.2 Å². The van der Waals surface area contributed by atoms with Gasteiger partial charge in [0, 0.05) is 23.8 Å². The van der Waals surface area contributed by atoms with Crippen LogP contribution in [0, 0.1) is 0 Å². The first-order valence-corrected chi connectivity index (χ1v) is 6.40. The average Bonchev–Trinajstić information content (AvgIpc) is 3.05. The summed E-state index contributed by atoms with van der Waals surface area (Å²) in [6.45, 7) is 0.563. The zero-order valence-corrected chi connectivity index (χ0v) is 11.5. The SMILES string of the molecule is Cn1nccc1CNc1nnc(-c2cccc(Cl)c2)o1. The Labute approximate surface area is 120 Å². The summed E-state index contributed by atoms with van der Waals surface area (Å²) in [4.78, 5) is 0. The van der Waals surface area contributed by atoms with Crippen LogP contribution in [0.25, 0.3) is 11.5 Å². The molecule has 0 aliphatic heterocycles. The summed E-state index contributed by atoms with van der Waals surface area (Å²) >= 11 is 5.93. The molecule has 0 aliphatic rings. The van der Waals surface area contributed by atoms with Gasteiger partial charge in [0.25, 0.3) is 0 Å². The second kappa shape index (κ2) is 5.34. The van der Waals surface area contributed by atoms with Crippen LogP contribution in [-0.2, 0) is 13.6 Å². The molecule has 0 atom stereocenters. The monoisotopic (exact) mass is 289 g/mol. The molecule has 0 fully saturated rings. The Morgan fingerprint density at radius 2 is 2.20 bits per heavy atom. The summed E-state index contributed by atoms with van der Waals surface area (Å²) in [7, 11) is 1.88. The first kappa shape index (κ1) is 12.7. The molecule has 1 aromatic carbocycles. The quantitative estimate of drug-likeness (QED) is 0.800. The lowest BCUT2D eigenvalue weighted by molar-refractivity contribution is 0.578. The molecular weight excluding hydrogens is 278 g/mol. The largest absolute Gasteiger partial charge is 0.403 e. The van der Waals surface area contributed by atoms with Crippen molar-refractivity contribution in [1.82, 2.24) is 20.0 Å². The molecule has 0 unspecified atom stereocenters. The molecule has 0 aliphatic carbocycles. The summed E-state index contributed by atoms with van der Waals surface area (Å²) in [6, 6.07) is 9.56. The van der Waals surface area contributed by atoms with E-state index in [-0.39, 0.29) is 0 Å². The van der Waals surface area contributed by atoms with Crippen molar-refractivity contribution in [2.24, 2.45) is 7.05 Å². The Morgan fingerprint density at radius 1 is 1.30 bits per heavy atom. The third-order valence-corrected chi connectivity index (χ3v) is 3.07. The van der Waals surface area contributed by atoms with E-state index < -0.39 is 0 Å². The Bertz CT molecular complexity index is 721. The second-order valence-electron chi connectivity index (χ2n) is 4.22. The molecule has 1 N–H and O–H groups in total. The maximum absolute atomic E-state index is 5.93. The van der Waals surface area contributed by atoms with Crippen molar-refractivity contribution in [3.8, 4) is 11.5 Å². The second-order valence-corrected chi connectivity index (χ2v) is 4.66. The Kier molecular flexibility index (Phi) is 3.39. The lowest BCUT2D eigenvalue weighted by Gasteiger charge is -2.01. The molecule has 3 rings (SSSR count). The van der Waals surface area contributed by atoms with Crippen LogP contribution >= 0.6 is 11.6 Å². The first-order valence-electron chi connectivity index (χ1n) is 6.02. The molecule has 3 aromatic rings. The van der Waals surface area contributed by atoms with Gasteiger partial charge in [-0.1, -0.05) is 22.8 Å². The molecule has 0 amide bonds. The molecule has 6 nitrogen and oxygen atoms in total. The molecule has 20 heavy (non-hydrogen) atoms. The highest BCUT2D eigenvalue weighted by atomic mass is 35.5. The summed E-state index contributed by atoms with van der Waals surface area (Å²) in [5.41, 5.74) is 1.81. The van der Waals surface area contributed by atoms with Crippen molar-refractivity contribution in [1.29, 1.82) is 0 Å². The average molecular weight is 290 g/mol. The van der Waals surface area contributed by atoms with E-state index in [0.29, 0.717) is 23.5 Å². The van der Waals surface area contributed by atoms with Crippen LogP contribution in [0.2, 0.25) is 5.02 Å². The normalized spacial score (nSPS) is 10.7. The number of hydrogen-bond acceptors (Lipinski definition) is 5. The van der Waals surface area contributed by atoms with Gasteiger partial charge in [-0.05, 0) is 24.3 Å². The minimum absolute atomic E-state index is 0.362. The first-order chi connectivity index (χ1) is 9.72. The summed E-state index contributed by atoms with van der Waals surface area (Å²) in [5, 5.41) is 15.7. The number of halogens is 1. The number of hydrogen-bond donors (Lipinski definition) is 1. The van der Waals surface area contributed by atoms with Crippen LogP contribution in [0.5, 0.6) is 0 Å². The molecular formula is C13H12ClN5O. The number of aryl methyl sites for hydroxylation is 1. The standard InChI is InChI=1S/C13H12ClN5O/c1-19-11(5-6-16-19)8-15-13-18-17-12(20-13)9-3-2-4-10(14)7-9/h2-7H,8H2,1H3,(H,15,18). The van der Waals surface area contributed by atoms with E-state index in [1.807, 2.05) is 25.2 Å². The van der Waals surface area contributed by atoms with Crippen LogP contribution in [0.3, 0.4) is 0 Å². The van der Waals surface area contributed by atoms with Gasteiger partial charge in [0.1, 0.15) is 0 Å². The fourth-order valence-electron chi connectivity index (χ4n) is 1.77. The van der Waals surface area contributed by atoms with Crippen LogP contribution in [0.4, 0.5) is 6.01 Å². The molecule has 0 spiro atoms. The van der Waals surface area contributed by atoms with Gasteiger partial charge in [-0.3, -0.25) is 4.68 Å². The van der Waals surface area contributed by atoms with Crippen molar-refractivity contribution in [2.45, 2.75) is 6.54 Å². The third kappa shape index (κ3) is 2.65. The van der Waals surface area contributed by atoms with Crippen molar-refractivity contribution in [3.05, 3.63) is 47.2 Å². The Morgan fingerprint density at radius 3 is 2.95 bits per heavy atom. The lowest BCUT2D eigenvalue weighted by Crippen LogP contribution is -2.05. The van der Waals surface area contributed by atoms with Gasteiger partial charge < -0.3 is 9.73 Å². The molecule has 0 bridgehead atoms. The highest BCUT2D eigenvalue weighted by molar-refractivity contribution is 6.30. The fourth-order valence-corrected chi connectivity index (χ4v) is 1.96. The zero-order chi connectivity index (χ0) is 13.9. The van der Waals surface area contributed by atoms with E-state index in [9.17, 15) is 0 Å². The smallest absolute Gasteiger partial charge is 0.316 e. The van der Waals surface area contributed by atoms with Gasteiger partial charge in [-0.25, -0.2) is 0 Å². The zero-order valence-electron chi connectivity index (χ0n) is 10.7. The van der Waals surface area contributed by atoms with Crippen LogP contribution < -0.4 is 5.32 Å². The number of rotatable bonds is 4. The van der Waals surface area contributed by atoms with Crippen LogP contribution in [-0.4, -0.2) is 20.0 Å². The minimum atomic E-state index is 0.362. The van der Waals surface area contributed by atoms with Crippen molar-refractivity contribution >= 4 is 17.6 Å². The molecule has 0 saturated heterocycles. The minimum Gasteiger partial charge on any atom is -0.403 e. The maximum atomic E-state index is 5.93. The van der Waals surface area contributed by atoms with E-state index in [0.717, 1.165) is 11.3 Å². The van der Waals surface area contributed by atoms with Crippen LogP contribution in [0.15, 0.2) is 40.9 Å². The molecule has 0 saturated carbocycles. The van der Waals surface area contributed by atoms with E-state index in [1.165, 1.54) is 0 Å². The van der Waals surface area contributed by atoms with E-state index in [2.05, 4.69) is 20.6 Å². The lowest BCUT2D eigenvalue weighted by atomic mass is 10.2. The van der Waals surface area contributed by atoms with Crippen LogP contribution in [0.1, 0.15) is 5.69 Å². The molecule has 102 valence electrons. The number of nitrogens with zero attached hydrogens (tertiary/aromatic N) is 4. The predicted octanol–water partition coefficient (Wildman–Crippen LogP) is 2.74. The number of nitrogens with one attached hydrogen (secondary N) is 1. The topological polar surface area (TPSA) is 68.8 Å². The van der Waals surface area contributed by atoms with Crippen molar-refractivity contribution in [2.75, 3.05) is 5.32 Å². The summed E-state index contributed by atoms with van der Waals surface area (Å²) in [5.74, 6) is 0.431. The summed E-state index contributed by atoms with van der Waals surface area (Å²) in [6.07, 6.45) is 1.74. The Hall–Kier alpha value is -2.34. The summed E-state index contributed by atoms with van der Waals surface area (Å²) < 4.78 is 7.32. The highest BCUT2D eigenvalue weighted by Gasteiger charge is 2.09. The number of aromatic nitrogens is 4. The van der Waals surface area contributed by atoms with Gasteiger partial charge in [-0.2, -0.15) is 5.10 Å². The van der Waals surface area contributed by atoms with Gasteiger partial charge >= 0.3 is 6.01 Å². The molecule has 7 heteroatoms. The maximum Gasteiger partial charge on any atom is 0.316 e. The van der Waals surface area contributed by atoms with Gasteiger partial charge in [-0.15, -0.1) is 5.10 Å².